The van der Waals surface area contributed by atoms with Gasteiger partial charge in [-0.2, -0.15) is 0 Å². The molecule has 6 nitrogen and oxygen atoms in total. The Morgan fingerprint density at radius 2 is 2.23 bits per heavy atom. The molecular formula is C14H21IN2O4S. The molecule has 0 aliphatic heterocycles. The lowest BCUT2D eigenvalue weighted by atomic mass is 10.2. The van der Waals surface area contributed by atoms with Crippen molar-refractivity contribution >= 4 is 42.8 Å². The summed E-state index contributed by atoms with van der Waals surface area (Å²) in [6.45, 7) is 6.97. The van der Waals surface area contributed by atoms with Crippen molar-refractivity contribution in [2.24, 2.45) is 0 Å². The average molecular weight is 440 g/mol. The van der Waals surface area contributed by atoms with Gasteiger partial charge in [-0.3, -0.25) is 14.6 Å². The zero-order valence-electron chi connectivity index (χ0n) is 13.1. The summed E-state index contributed by atoms with van der Waals surface area (Å²) in [6.07, 6.45) is 1.79. The molecule has 1 aromatic rings. The first-order chi connectivity index (χ1) is 10.4. The summed E-state index contributed by atoms with van der Waals surface area (Å²) in [7, 11) is 2.89. The number of esters is 1. The number of carbonyl (C=O) groups is 2. The van der Waals surface area contributed by atoms with Crippen molar-refractivity contribution in [3.8, 4) is 0 Å². The second-order valence-corrected chi connectivity index (χ2v) is 6.31. The standard InChI is InChI=1S/C10H13IN2O2S.C4H8O2/c1-8-9(4-3-5-12-8)6-13(16-11)7-10(14)15-2;1-4(2)6-3-5/h3-5H,6-7H2,1-2H3;3-4H,1-2H3. The highest BCUT2D eigenvalue weighted by Gasteiger charge is 2.12. The lowest BCUT2D eigenvalue weighted by molar-refractivity contribution is -0.140. The van der Waals surface area contributed by atoms with E-state index in [0.717, 1.165) is 11.3 Å². The van der Waals surface area contributed by atoms with Crippen LogP contribution in [0.15, 0.2) is 18.3 Å². The van der Waals surface area contributed by atoms with Crippen molar-refractivity contribution in [2.45, 2.75) is 33.4 Å². The summed E-state index contributed by atoms with van der Waals surface area (Å²) in [5, 5.41) is 0. The van der Waals surface area contributed by atoms with Gasteiger partial charge in [0.1, 0.15) is 6.54 Å². The third-order valence-electron chi connectivity index (χ3n) is 2.42. The first kappa shape index (κ1) is 21.1. The van der Waals surface area contributed by atoms with Crippen LogP contribution in [0.3, 0.4) is 0 Å². The second kappa shape index (κ2) is 12.7. The topological polar surface area (TPSA) is 68.7 Å². The summed E-state index contributed by atoms with van der Waals surface area (Å²) in [6, 6.07) is 3.91. The fraction of sp³-hybridized carbons (Fsp3) is 0.500. The molecule has 0 spiro atoms. The maximum atomic E-state index is 11.2. The molecule has 0 aliphatic rings. The van der Waals surface area contributed by atoms with Crippen LogP contribution in [0, 0.1) is 6.92 Å². The molecule has 0 fully saturated rings. The number of halogens is 1. The minimum atomic E-state index is -0.231. The van der Waals surface area contributed by atoms with Crippen molar-refractivity contribution < 1.29 is 19.1 Å². The maximum Gasteiger partial charge on any atom is 0.320 e. The van der Waals surface area contributed by atoms with E-state index < -0.39 is 0 Å². The molecule has 8 heteroatoms. The van der Waals surface area contributed by atoms with Crippen LogP contribution in [0.25, 0.3) is 0 Å². The molecule has 1 heterocycles. The highest BCUT2D eigenvalue weighted by molar-refractivity contribution is 14.2. The Kier molecular flexibility index (Phi) is 12.2. The van der Waals surface area contributed by atoms with E-state index in [1.165, 1.54) is 16.2 Å². The van der Waals surface area contributed by atoms with Gasteiger partial charge >= 0.3 is 5.97 Å². The molecule has 124 valence electrons. The molecule has 0 aromatic carbocycles. The highest BCUT2D eigenvalue weighted by atomic mass is 127. The van der Waals surface area contributed by atoms with Gasteiger partial charge in [-0.25, -0.2) is 4.31 Å². The predicted molar refractivity (Wildman–Crippen MR) is 95.3 cm³/mol. The molecule has 0 bridgehead atoms. The molecule has 0 unspecified atom stereocenters. The lowest BCUT2D eigenvalue weighted by Crippen LogP contribution is -2.23. The third kappa shape index (κ3) is 9.96. The van der Waals surface area contributed by atoms with E-state index >= 15 is 0 Å². The van der Waals surface area contributed by atoms with Gasteiger partial charge in [-0.15, -0.1) is 0 Å². The Bertz CT molecular complexity index is 460. The van der Waals surface area contributed by atoms with Gasteiger partial charge in [0.25, 0.3) is 6.47 Å². The number of ether oxygens (including phenoxy) is 2. The lowest BCUT2D eigenvalue weighted by Gasteiger charge is -2.17. The van der Waals surface area contributed by atoms with Crippen molar-refractivity contribution in [3.63, 3.8) is 0 Å². The summed E-state index contributed by atoms with van der Waals surface area (Å²) in [5.41, 5.74) is 2.11. The van der Waals surface area contributed by atoms with Crippen molar-refractivity contribution in [2.75, 3.05) is 13.7 Å². The molecule has 0 amide bonds. The quantitative estimate of drug-likeness (QED) is 0.280. The minimum Gasteiger partial charge on any atom is -0.468 e. The van der Waals surface area contributed by atoms with E-state index in [0.29, 0.717) is 13.0 Å². The monoisotopic (exact) mass is 440 g/mol. The fourth-order valence-corrected chi connectivity index (χ4v) is 2.48. The largest absolute Gasteiger partial charge is 0.468 e. The van der Waals surface area contributed by atoms with Crippen LogP contribution < -0.4 is 0 Å². The number of hydrogen-bond donors (Lipinski definition) is 0. The number of aromatic nitrogens is 1. The van der Waals surface area contributed by atoms with Crippen LogP contribution in [0.1, 0.15) is 25.1 Å². The molecule has 0 aliphatic carbocycles. The smallest absolute Gasteiger partial charge is 0.320 e. The SMILES string of the molecule is CC(C)OC=O.COC(=O)CN(Cc1cccnc1C)SI. The molecule has 22 heavy (non-hydrogen) atoms. The van der Waals surface area contributed by atoms with Crippen molar-refractivity contribution in [1.29, 1.82) is 0 Å². The molecule has 0 radical (unpaired) electrons. The van der Waals surface area contributed by atoms with Gasteiger partial charge < -0.3 is 9.47 Å². The summed E-state index contributed by atoms with van der Waals surface area (Å²) in [5.74, 6) is -0.231. The van der Waals surface area contributed by atoms with E-state index in [9.17, 15) is 9.59 Å². The normalized spacial score (nSPS) is 9.95. The zero-order chi connectivity index (χ0) is 17.0. The second-order valence-electron chi connectivity index (χ2n) is 4.47. The van der Waals surface area contributed by atoms with Gasteiger partial charge in [-0.05, 0) is 41.5 Å². The van der Waals surface area contributed by atoms with E-state index in [1.54, 1.807) is 20.0 Å². The third-order valence-corrected chi connectivity index (χ3v) is 4.55. The average Bonchev–Trinajstić information content (AvgIpc) is 2.49. The molecule has 0 N–H and O–H groups in total. The van der Waals surface area contributed by atoms with E-state index in [4.69, 9.17) is 0 Å². The van der Waals surface area contributed by atoms with Crippen LogP contribution >= 0.6 is 30.3 Å². The fourth-order valence-electron chi connectivity index (χ4n) is 1.30. The summed E-state index contributed by atoms with van der Waals surface area (Å²) >= 11 is 2.15. The summed E-state index contributed by atoms with van der Waals surface area (Å²) < 4.78 is 10.9. The Hall–Kier alpha value is -0.870. The van der Waals surface area contributed by atoms with Crippen LogP contribution in [0.2, 0.25) is 0 Å². The number of rotatable bonds is 7. The first-order valence-corrected chi connectivity index (χ1v) is 9.86. The van der Waals surface area contributed by atoms with E-state index in [-0.39, 0.29) is 18.6 Å². The van der Waals surface area contributed by atoms with Gasteiger partial charge in [0, 0.05) is 39.6 Å². The number of pyridine rings is 1. The van der Waals surface area contributed by atoms with Crippen molar-refractivity contribution in [3.05, 3.63) is 29.6 Å². The Morgan fingerprint density at radius 1 is 1.55 bits per heavy atom. The molecule has 1 rings (SSSR count). The molecule has 0 saturated carbocycles. The van der Waals surface area contributed by atoms with Crippen LogP contribution in [-0.2, 0) is 25.6 Å². The number of methoxy groups -OCH3 is 1. The van der Waals surface area contributed by atoms with Crippen LogP contribution in [-0.4, -0.2) is 41.5 Å². The van der Waals surface area contributed by atoms with Gasteiger partial charge in [-0.1, -0.05) is 6.07 Å². The zero-order valence-corrected chi connectivity index (χ0v) is 16.1. The van der Waals surface area contributed by atoms with E-state index in [1.807, 2.05) is 23.4 Å². The number of aryl methyl sites for hydroxylation is 1. The first-order valence-electron chi connectivity index (χ1n) is 6.54. The number of nitrogens with zero attached hydrogens (tertiary/aromatic N) is 2. The molecule has 0 saturated heterocycles. The minimum absolute atomic E-state index is 0.0301. The Morgan fingerprint density at radius 3 is 2.64 bits per heavy atom. The molecule has 1 aromatic heterocycles. The van der Waals surface area contributed by atoms with Crippen LogP contribution in [0.4, 0.5) is 0 Å². The van der Waals surface area contributed by atoms with E-state index in [2.05, 4.69) is 35.7 Å². The van der Waals surface area contributed by atoms with Gasteiger partial charge in [0.15, 0.2) is 0 Å². The number of carbonyl (C=O) groups excluding carboxylic acids is 2. The maximum absolute atomic E-state index is 11.2. The van der Waals surface area contributed by atoms with Crippen molar-refractivity contribution in [1.82, 2.24) is 9.29 Å². The van der Waals surface area contributed by atoms with Crippen LogP contribution in [0.5, 0.6) is 0 Å². The number of hydrogen-bond acceptors (Lipinski definition) is 7. The highest BCUT2D eigenvalue weighted by Crippen LogP contribution is 2.21. The Balaban J connectivity index is 0.000000626. The molecular weight excluding hydrogens is 419 g/mol. The Labute approximate surface area is 147 Å². The predicted octanol–water partition coefficient (Wildman–Crippen LogP) is 2.93. The van der Waals surface area contributed by atoms with Gasteiger partial charge in [0.2, 0.25) is 0 Å². The van der Waals surface area contributed by atoms with Gasteiger partial charge in [0.05, 0.1) is 13.2 Å². The summed E-state index contributed by atoms with van der Waals surface area (Å²) in [4.78, 5) is 24.8. The molecule has 0 atom stereocenters.